The fourth-order valence-electron chi connectivity index (χ4n) is 2.17. The van der Waals surface area contributed by atoms with Gasteiger partial charge in [-0.05, 0) is 60.7 Å². The number of hydrogen-bond acceptors (Lipinski definition) is 4. The van der Waals surface area contributed by atoms with E-state index in [-0.39, 0.29) is 5.84 Å². The van der Waals surface area contributed by atoms with Gasteiger partial charge in [-0.1, -0.05) is 58.0 Å². The first-order valence-corrected chi connectivity index (χ1v) is 10.4. The van der Waals surface area contributed by atoms with E-state index in [2.05, 4.69) is 26.1 Å². The molecule has 0 fully saturated rings. The van der Waals surface area contributed by atoms with Gasteiger partial charge in [0, 0.05) is 10.7 Å². The number of nitrogens with one attached hydrogen (secondary N) is 2. The predicted molar refractivity (Wildman–Crippen MR) is 129 cm³/mol. The Balaban J connectivity index is 1.86. The molecule has 3 aromatic carbocycles. The summed E-state index contributed by atoms with van der Waals surface area (Å²) in [5.74, 6) is -0.870. The van der Waals surface area contributed by atoms with Gasteiger partial charge in [-0.25, -0.2) is 0 Å². The quantitative estimate of drug-likeness (QED) is 0.159. The van der Waals surface area contributed by atoms with Crippen LogP contribution in [0.3, 0.4) is 0 Å². The summed E-state index contributed by atoms with van der Waals surface area (Å²) < 4.78 is 0. The normalized spacial score (nSPS) is 11.6. The Bertz CT molecular complexity index is 1170. The van der Waals surface area contributed by atoms with Crippen molar-refractivity contribution in [1.29, 1.82) is 0 Å². The number of carbonyl (C=O) groups is 1. The molecular formula is C20H12Cl5N5O. The second-order valence-corrected chi connectivity index (χ2v) is 8.00. The molecule has 3 rings (SSSR count). The first-order valence-electron chi connectivity index (χ1n) is 8.54. The molecule has 0 aliphatic rings. The van der Waals surface area contributed by atoms with Crippen molar-refractivity contribution in [3.63, 3.8) is 0 Å². The maximum Gasteiger partial charge on any atom is 0.297 e. The number of carbonyl (C=O) groups excluding carboxylic acids is 1. The number of rotatable bonds is 4. The molecule has 31 heavy (non-hydrogen) atoms. The molecule has 0 saturated heterocycles. The molecule has 0 atom stereocenters. The molecular weight excluding hydrogens is 504 g/mol. The van der Waals surface area contributed by atoms with Crippen LogP contribution >= 0.6 is 58.0 Å². The highest BCUT2D eigenvalue weighted by Gasteiger charge is 2.13. The Labute approximate surface area is 202 Å². The minimum atomic E-state index is -0.612. The van der Waals surface area contributed by atoms with E-state index in [1.54, 1.807) is 54.6 Å². The second-order valence-electron chi connectivity index (χ2n) is 5.94. The standard InChI is InChI=1S/C20H12Cl5N5O/c21-11-1-3-12(4-2-11)26-20(31)19(29-27-13-5-7-15(22)17(24)9-13)30-28-14-6-8-16(23)18(25)10-14/h1-10,27H,(H,26,31)/b29-19+,30-28?. The molecule has 0 aliphatic carbocycles. The molecule has 0 spiro atoms. The molecule has 11 heteroatoms. The highest BCUT2D eigenvalue weighted by molar-refractivity contribution is 6.43. The number of amidine groups is 1. The topological polar surface area (TPSA) is 78.2 Å². The molecule has 0 aromatic heterocycles. The third-order valence-corrected chi connectivity index (χ3v) is 5.41. The van der Waals surface area contributed by atoms with Crippen molar-refractivity contribution in [2.24, 2.45) is 15.3 Å². The van der Waals surface area contributed by atoms with Crippen LogP contribution in [-0.4, -0.2) is 11.7 Å². The second kappa shape index (κ2) is 10.8. The Morgan fingerprint density at radius 2 is 1.32 bits per heavy atom. The zero-order valence-corrected chi connectivity index (χ0v) is 19.2. The summed E-state index contributed by atoms with van der Waals surface area (Å²) in [4.78, 5) is 12.7. The van der Waals surface area contributed by atoms with Crippen molar-refractivity contribution >= 4 is 86.8 Å². The van der Waals surface area contributed by atoms with Gasteiger partial charge in [0.15, 0.2) is 0 Å². The van der Waals surface area contributed by atoms with Gasteiger partial charge in [0.05, 0.1) is 31.5 Å². The van der Waals surface area contributed by atoms with E-state index in [0.717, 1.165) is 0 Å². The monoisotopic (exact) mass is 513 g/mol. The van der Waals surface area contributed by atoms with Gasteiger partial charge in [-0.3, -0.25) is 10.2 Å². The van der Waals surface area contributed by atoms with Crippen LogP contribution in [0.25, 0.3) is 0 Å². The van der Waals surface area contributed by atoms with Crippen LogP contribution in [0.5, 0.6) is 0 Å². The van der Waals surface area contributed by atoms with Gasteiger partial charge >= 0.3 is 0 Å². The van der Waals surface area contributed by atoms with E-state index in [1.807, 2.05) is 0 Å². The van der Waals surface area contributed by atoms with Crippen LogP contribution in [0.2, 0.25) is 25.1 Å². The highest BCUT2D eigenvalue weighted by Crippen LogP contribution is 2.27. The number of nitrogens with zero attached hydrogens (tertiary/aromatic N) is 3. The fourth-order valence-corrected chi connectivity index (χ4v) is 2.89. The Morgan fingerprint density at radius 1 is 0.710 bits per heavy atom. The maximum atomic E-state index is 12.7. The molecule has 3 aromatic rings. The summed E-state index contributed by atoms with van der Waals surface area (Å²) in [6, 6.07) is 16.0. The van der Waals surface area contributed by atoms with E-state index >= 15 is 0 Å². The number of hydrogen-bond donors (Lipinski definition) is 2. The van der Waals surface area contributed by atoms with Gasteiger partial charge < -0.3 is 5.32 Å². The minimum absolute atomic E-state index is 0.257. The number of anilines is 2. The molecule has 0 heterocycles. The van der Waals surface area contributed by atoms with Crippen LogP contribution in [0.1, 0.15) is 0 Å². The third-order valence-electron chi connectivity index (χ3n) is 3.68. The molecule has 0 unspecified atom stereocenters. The Morgan fingerprint density at radius 3 is 1.97 bits per heavy atom. The Hall–Kier alpha value is -2.35. The SMILES string of the molecule is O=C(Nc1ccc(Cl)cc1)/C(N=Nc1ccc(Cl)c(Cl)c1)=N\Nc1ccc(Cl)c(Cl)c1. The maximum absolute atomic E-state index is 12.7. The summed E-state index contributed by atoms with van der Waals surface area (Å²) in [5, 5.41) is 16.6. The average molecular weight is 516 g/mol. The number of hydrazone groups is 1. The van der Waals surface area contributed by atoms with Crippen LogP contribution in [0.4, 0.5) is 17.1 Å². The summed E-state index contributed by atoms with van der Waals surface area (Å²) in [7, 11) is 0. The zero-order valence-electron chi connectivity index (χ0n) is 15.4. The predicted octanol–water partition coefficient (Wildman–Crippen LogP) is 8.10. The molecule has 1 amide bonds. The van der Waals surface area contributed by atoms with E-state index in [1.165, 1.54) is 6.07 Å². The summed E-state index contributed by atoms with van der Waals surface area (Å²) >= 11 is 29.7. The zero-order chi connectivity index (χ0) is 22.4. The van der Waals surface area contributed by atoms with Crippen molar-refractivity contribution in [2.45, 2.75) is 0 Å². The fraction of sp³-hybridized carbons (Fsp3) is 0. The van der Waals surface area contributed by atoms with Crippen molar-refractivity contribution in [1.82, 2.24) is 0 Å². The van der Waals surface area contributed by atoms with Crippen molar-refractivity contribution in [3.8, 4) is 0 Å². The van der Waals surface area contributed by atoms with Crippen molar-refractivity contribution in [2.75, 3.05) is 10.7 Å². The van der Waals surface area contributed by atoms with Gasteiger partial charge in [0.1, 0.15) is 0 Å². The number of amides is 1. The lowest BCUT2D eigenvalue weighted by Crippen LogP contribution is -2.22. The summed E-state index contributed by atoms with van der Waals surface area (Å²) in [6.07, 6.45) is 0. The lowest BCUT2D eigenvalue weighted by molar-refractivity contribution is -0.110. The first kappa shape index (κ1) is 23.3. The Kier molecular flexibility index (Phi) is 8.12. The molecule has 158 valence electrons. The minimum Gasteiger partial charge on any atom is -0.319 e. The van der Waals surface area contributed by atoms with Gasteiger partial charge in [-0.15, -0.1) is 15.3 Å². The van der Waals surface area contributed by atoms with Gasteiger partial charge in [0.2, 0.25) is 0 Å². The molecule has 0 saturated carbocycles. The van der Waals surface area contributed by atoms with Crippen LogP contribution < -0.4 is 10.7 Å². The number of benzene rings is 3. The molecule has 6 nitrogen and oxygen atoms in total. The summed E-state index contributed by atoms with van der Waals surface area (Å²) in [5.41, 5.74) is 4.09. The van der Waals surface area contributed by atoms with Crippen LogP contribution in [-0.2, 0) is 4.79 Å². The van der Waals surface area contributed by atoms with E-state index in [0.29, 0.717) is 42.2 Å². The largest absolute Gasteiger partial charge is 0.319 e. The molecule has 0 radical (unpaired) electrons. The average Bonchev–Trinajstić information content (AvgIpc) is 2.74. The summed E-state index contributed by atoms with van der Waals surface area (Å²) in [6.45, 7) is 0. The van der Waals surface area contributed by atoms with Crippen molar-refractivity contribution in [3.05, 3.63) is 85.8 Å². The third kappa shape index (κ3) is 6.82. The lowest BCUT2D eigenvalue weighted by Gasteiger charge is -2.06. The molecule has 0 aliphatic heterocycles. The van der Waals surface area contributed by atoms with Crippen LogP contribution in [0.15, 0.2) is 76.0 Å². The highest BCUT2D eigenvalue weighted by atomic mass is 35.5. The van der Waals surface area contributed by atoms with Crippen molar-refractivity contribution < 1.29 is 4.79 Å². The van der Waals surface area contributed by atoms with Gasteiger partial charge in [0.25, 0.3) is 11.7 Å². The van der Waals surface area contributed by atoms with Crippen LogP contribution in [0, 0.1) is 0 Å². The first-order chi connectivity index (χ1) is 14.8. The van der Waals surface area contributed by atoms with E-state index < -0.39 is 5.91 Å². The smallest absolute Gasteiger partial charge is 0.297 e. The molecule has 0 bridgehead atoms. The van der Waals surface area contributed by atoms with E-state index in [9.17, 15) is 4.79 Å². The molecule has 2 N–H and O–H groups in total. The lowest BCUT2D eigenvalue weighted by atomic mass is 10.3. The van der Waals surface area contributed by atoms with E-state index in [4.69, 9.17) is 58.0 Å². The number of halogens is 5. The van der Waals surface area contributed by atoms with Gasteiger partial charge in [-0.2, -0.15) is 0 Å². The number of azo groups is 1.